The SMILES string of the molecule is Cc1cc(C=C(C#N)c2ccc(C(=O)O)cc2)c(C)n1-c1ccc(I)cc1. The molecule has 1 heterocycles. The standard InChI is InChI=1S/C22H17IN2O2/c1-14-11-18(15(2)25(14)21-9-7-20(23)8-10-21)12-19(13-24)16-3-5-17(6-4-16)22(26)27/h3-12H,1-2H3,(H,26,27). The Bertz CT molecular complexity index is 1070. The average Bonchev–Trinajstić information content (AvgIpc) is 2.94. The number of nitriles is 1. The smallest absolute Gasteiger partial charge is 0.335 e. The van der Waals surface area contributed by atoms with E-state index in [-0.39, 0.29) is 5.56 Å². The molecule has 0 aliphatic carbocycles. The summed E-state index contributed by atoms with van der Waals surface area (Å²) < 4.78 is 3.33. The van der Waals surface area contributed by atoms with Crippen LogP contribution in [0.3, 0.4) is 0 Å². The van der Waals surface area contributed by atoms with E-state index >= 15 is 0 Å². The van der Waals surface area contributed by atoms with Crippen LogP contribution in [-0.2, 0) is 0 Å². The Balaban J connectivity index is 2.03. The molecule has 0 saturated heterocycles. The second-order valence-electron chi connectivity index (χ2n) is 6.19. The van der Waals surface area contributed by atoms with E-state index in [1.54, 1.807) is 12.1 Å². The van der Waals surface area contributed by atoms with Crippen molar-refractivity contribution in [1.29, 1.82) is 5.26 Å². The minimum absolute atomic E-state index is 0.202. The first-order chi connectivity index (χ1) is 12.9. The van der Waals surface area contributed by atoms with Gasteiger partial charge in [0.25, 0.3) is 0 Å². The Morgan fingerprint density at radius 2 is 1.67 bits per heavy atom. The molecular weight excluding hydrogens is 451 g/mol. The Labute approximate surface area is 171 Å². The summed E-state index contributed by atoms with van der Waals surface area (Å²) in [7, 11) is 0. The molecule has 0 unspecified atom stereocenters. The second-order valence-corrected chi connectivity index (χ2v) is 7.44. The molecule has 4 nitrogen and oxygen atoms in total. The first kappa shape index (κ1) is 18.9. The quantitative estimate of drug-likeness (QED) is 0.409. The van der Waals surface area contributed by atoms with Gasteiger partial charge in [-0.05, 0) is 96.1 Å². The summed E-state index contributed by atoms with van der Waals surface area (Å²) in [6.45, 7) is 4.06. The van der Waals surface area contributed by atoms with Crippen molar-refractivity contribution in [3.8, 4) is 11.8 Å². The van der Waals surface area contributed by atoms with Gasteiger partial charge in [-0.3, -0.25) is 0 Å². The van der Waals surface area contributed by atoms with Crippen molar-refractivity contribution in [2.45, 2.75) is 13.8 Å². The van der Waals surface area contributed by atoms with Crippen LogP contribution in [0.25, 0.3) is 17.3 Å². The van der Waals surface area contributed by atoms with Crippen molar-refractivity contribution >= 4 is 40.2 Å². The fourth-order valence-electron chi connectivity index (χ4n) is 3.05. The Hall–Kier alpha value is -2.85. The minimum Gasteiger partial charge on any atom is -0.478 e. The molecule has 0 aliphatic rings. The number of aromatic carboxylic acids is 1. The number of allylic oxidation sites excluding steroid dienone is 1. The minimum atomic E-state index is -0.981. The Kier molecular flexibility index (Phi) is 5.47. The van der Waals surface area contributed by atoms with Gasteiger partial charge in [-0.1, -0.05) is 12.1 Å². The van der Waals surface area contributed by atoms with Gasteiger partial charge in [0, 0.05) is 20.6 Å². The van der Waals surface area contributed by atoms with Crippen LogP contribution in [0.1, 0.15) is 32.9 Å². The van der Waals surface area contributed by atoms with Crippen molar-refractivity contribution in [2.24, 2.45) is 0 Å². The monoisotopic (exact) mass is 468 g/mol. The molecule has 5 heteroatoms. The van der Waals surface area contributed by atoms with Crippen LogP contribution in [-0.4, -0.2) is 15.6 Å². The summed E-state index contributed by atoms with van der Waals surface area (Å²) in [6.07, 6.45) is 1.85. The topological polar surface area (TPSA) is 66.0 Å². The molecule has 3 rings (SSSR count). The molecule has 0 bridgehead atoms. The molecule has 0 amide bonds. The van der Waals surface area contributed by atoms with Crippen molar-refractivity contribution in [3.63, 3.8) is 0 Å². The second kappa shape index (κ2) is 7.80. The largest absolute Gasteiger partial charge is 0.478 e. The van der Waals surface area contributed by atoms with Gasteiger partial charge in [0.15, 0.2) is 0 Å². The maximum absolute atomic E-state index is 11.0. The molecule has 3 aromatic rings. The van der Waals surface area contributed by atoms with Crippen molar-refractivity contribution in [3.05, 3.63) is 86.2 Å². The average molecular weight is 468 g/mol. The van der Waals surface area contributed by atoms with Crippen molar-refractivity contribution in [1.82, 2.24) is 4.57 Å². The molecule has 134 valence electrons. The van der Waals surface area contributed by atoms with E-state index in [0.717, 1.165) is 22.6 Å². The molecule has 0 aliphatic heterocycles. The first-order valence-corrected chi connectivity index (χ1v) is 9.39. The number of hydrogen-bond donors (Lipinski definition) is 1. The van der Waals surface area contributed by atoms with Gasteiger partial charge in [0.05, 0.1) is 17.2 Å². The number of hydrogen-bond acceptors (Lipinski definition) is 2. The Morgan fingerprint density at radius 3 is 2.22 bits per heavy atom. The first-order valence-electron chi connectivity index (χ1n) is 8.31. The molecule has 0 fully saturated rings. The van der Waals surface area contributed by atoms with E-state index < -0.39 is 5.97 Å². The molecule has 1 N–H and O–H groups in total. The molecule has 0 atom stereocenters. The summed E-state index contributed by atoms with van der Waals surface area (Å²) in [5.74, 6) is -0.981. The number of aromatic nitrogens is 1. The molecule has 0 saturated carbocycles. The fourth-order valence-corrected chi connectivity index (χ4v) is 3.41. The predicted octanol–water partition coefficient (Wildman–Crippen LogP) is 5.46. The predicted molar refractivity (Wildman–Crippen MR) is 115 cm³/mol. The number of carboxylic acid groups (broad SMARTS) is 1. The lowest BCUT2D eigenvalue weighted by molar-refractivity contribution is 0.0697. The zero-order chi connectivity index (χ0) is 19.6. The van der Waals surface area contributed by atoms with Gasteiger partial charge in [-0.25, -0.2) is 4.79 Å². The highest BCUT2D eigenvalue weighted by Gasteiger charge is 2.11. The summed E-state index contributed by atoms with van der Waals surface area (Å²) in [5.41, 5.74) is 5.56. The maximum atomic E-state index is 11.0. The van der Waals surface area contributed by atoms with Gasteiger partial charge < -0.3 is 9.67 Å². The van der Waals surface area contributed by atoms with Crippen LogP contribution in [0.2, 0.25) is 0 Å². The van der Waals surface area contributed by atoms with Crippen LogP contribution in [0, 0.1) is 28.7 Å². The van der Waals surface area contributed by atoms with Gasteiger partial charge in [0.1, 0.15) is 0 Å². The van der Waals surface area contributed by atoms with Crippen LogP contribution < -0.4 is 0 Å². The molecule has 0 spiro atoms. The van der Waals surface area contributed by atoms with Gasteiger partial charge in [-0.15, -0.1) is 0 Å². The number of carboxylic acids is 1. The zero-order valence-electron chi connectivity index (χ0n) is 14.9. The number of aryl methyl sites for hydroxylation is 1. The van der Waals surface area contributed by atoms with E-state index in [9.17, 15) is 10.1 Å². The van der Waals surface area contributed by atoms with Crippen LogP contribution >= 0.6 is 22.6 Å². The van der Waals surface area contributed by atoms with Gasteiger partial charge in [-0.2, -0.15) is 5.26 Å². The van der Waals surface area contributed by atoms with Crippen LogP contribution in [0.15, 0.2) is 54.6 Å². The molecule has 1 aromatic heterocycles. The summed E-state index contributed by atoms with van der Waals surface area (Å²) in [5, 5.41) is 18.6. The molecule has 2 aromatic carbocycles. The Morgan fingerprint density at radius 1 is 1.07 bits per heavy atom. The van der Waals surface area contributed by atoms with Crippen LogP contribution in [0.5, 0.6) is 0 Å². The molecule has 27 heavy (non-hydrogen) atoms. The maximum Gasteiger partial charge on any atom is 0.335 e. The van der Waals surface area contributed by atoms with Crippen LogP contribution in [0.4, 0.5) is 0 Å². The summed E-state index contributed by atoms with van der Waals surface area (Å²) in [4.78, 5) is 11.0. The van der Waals surface area contributed by atoms with E-state index in [0.29, 0.717) is 11.1 Å². The highest BCUT2D eigenvalue weighted by Crippen LogP contribution is 2.26. The fraction of sp³-hybridized carbons (Fsp3) is 0.0909. The number of nitrogens with zero attached hydrogens (tertiary/aromatic N) is 2. The zero-order valence-corrected chi connectivity index (χ0v) is 17.1. The molecular formula is C22H17IN2O2. The number of halogens is 1. The number of benzene rings is 2. The number of rotatable bonds is 4. The lowest BCUT2D eigenvalue weighted by atomic mass is 10.0. The number of carbonyl (C=O) groups is 1. The molecule has 0 radical (unpaired) electrons. The van der Waals surface area contributed by atoms with E-state index in [2.05, 4.69) is 63.6 Å². The lowest BCUT2D eigenvalue weighted by Gasteiger charge is -2.09. The van der Waals surface area contributed by atoms with Gasteiger partial charge >= 0.3 is 5.97 Å². The van der Waals surface area contributed by atoms with E-state index in [1.165, 1.54) is 15.7 Å². The third kappa shape index (κ3) is 3.96. The highest BCUT2D eigenvalue weighted by atomic mass is 127. The normalized spacial score (nSPS) is 11.3. The lowest BCUT2D eigenvalue weighted by Crippen LogP contribution is -1.99. The van der Waals surface area contributed by atoms with E-state index in [1.807, 2.05) is 19.9 Å². The third-order valence-corrected chi connectivity index (χ3v) is 5.14. The highest BCUT2D eigenvalue weighted by molar-refractivity contribution is 14.1. The summed E-state index contributed by atoms with van der Waals surface area (Å²) >= 11 is 2.28. The van der Waals surface area contributed by atoms with E-state index in [4.69, 9.17) is 5.11 Å². The van der Waals surface area contributed by atoms with Crippen molar-refractivity contribution in [2.75, 3.05) is 0 Å². The summed E-state index contributed by atoms with van der Waals surface area (Å²) in [6, 6.07) is 18.9. The third-order valence-electron chi connectivity index (χ3n) is 4.42. The van der Waals surface area contributed by atoms with Crippen molar-refractivity contribution < 1.29 is 9.90 Å². The van der Waals surface area contributed by atoms with Gasteiger partial charge in [0.2, 0.25) is 0 Å².